The largest absolute Gasteiger partial charge is 0.493 e. The first kappa shape index (κ1) is 25.2. The zero-order valence-corrected chi connectivity index (χ0v) is 21.4. The van der Waals surface area contributed by atoms with E-state index in [-0.39, 0.29) is 29.0 Å². The number of carbonyl (C=O) groups is 1. The van der Waals surface area contributed by atoms with Crippen molar-refractivity contribution >= 4 is 17.5 Å². The third-order valence-corrected chi connectivity index (χ3v) is 7.50. The quantitative estimate of drug-likeness (QED) is 0.594. The number of halogens is 1. The lowest BCUT2D eigenvalue weighted by Crippen LogP contribution is -2.35. The second-order valence-electron chi connectivity index (χ2n) is 8.98. The minimum atomic E-state index is -0.380. The van der Waals surface area contributed by atoms with Gasteiger partial charge in [0.05, 0.1) is 39.5 Å². The molecule has 0 saturated heterocycles. The van der Waals surface area contributed by atoms with Gasteiger partial charge in [-0.1, -0.05) is 36.9 Å². The van der Waals surface area contributed by atoms with E-state index < -0.39 is 0 Å². The smallest absolute Gasteiger partial charge is 0.223 e. The molecule has 0 radical (unpaired) electrons. The van der Waals surface area contributed by atoms with Gasteiger partial charge in [-0.3, -0.25) is 9.59 Å². The van der Waals surface area contributed by atoms with E-state index >= 15 is 0 Å². The number of methoxy groups -OCH3 is 4. The summed E-state index contributed by atoms with van der Waals surface area (Å²) in [5.74, 6) is 1.46. The van der Waals surface area contributed by atoms with Gasteiger partial charge in [0.1, 0.15) is 0 Å². The Kier molecular flexibility index (Phi) is 7.75. The van der Waals surface area contributed by atoms with E-state index in [0.717, 1.165) is 42.4 Å². The van der Waals surface area contributed by atoms with E-state index in [1.807, 2.05) is 6.07 Å². The molecule has 1 N–H and O–H groups in total. The van der Waals surface area contributed by atoms with Crippen LogP contribution in [0.3, 0.4) is 0 Å². The lowest BCUT2D eigenvalue weighted by Gasteiger charge is -2.25. The van der Waals surface area contributed by atoms with Crippen LogP contribution in [-0.4, -0.2) is 34.3 Å². The third-order valence-electron chi connectivity index (χ3n) is 7.10. The van der Waals surface area contributed by atoms with Gasteiger partial charge in [-0.05, 0) is 54.5 Å². The molecule has 4 rings (SSSR count). The number of rotatable bonds is 6. The first-order valence-electron chi connectivity index (χ1n) is 12.0. The Hall–Kier alpha value is -2.93. The van der Waals surface area contributed by atoms with E-state index in [2.05, 4.69) is 5.32 Å². The van der Waals surface area contributed by atoms with E-state index in [0.29, 0.717) is 40.7 Å². The summed E-state index contributed by atoms with van der Waals surface area (Å²) >= 11 is 6.84. The Morgan fingerprint density at radius 1 is 0.914 bits per heavy atom. The summed E-state index contributed by atoms with van der Waals surface area (Å²) in [5, 5.41) is 3.67. The topological polar surface area (TPSA) is 83.1 Å². The van der Waals surface area contributed by atoms with Crippen LogP contribution in [0.1, 0.15) is 55.7 Å². The van der Waals surface area contributed by atoms with Crippen molar-refractivity contribution in [2.45, 2.75) is 51.0 Å². The minimum Gasteiger partial charge on any atom is -0.493 e. The van der Waals surface area contributed by atoms with E-state index in [1.54, 1.807) is 19.2 Å². The van der Waals surface area contributed by atoms with E-state index in [1.165, 1.54) is 27.8 Å². The van der Waals surface area contributed by atoms with Gasteiger partial charge in [0.25, 0.3) is 0 Å². The molecule has 1 saturated carbocycles. The summed E-state index contributed by atoms with van der Waals surface area (Å²) in [6, 6.07) is 4.64. The molecule has 0 bridgehead atoms. The highest BCUT2D eigenvalue weighted by Gasteiger charge is 2.33. The number of nitrogens with one attached hydrogen (secondary N) is 1. The molecule has 0 spiro atoms. The summed E-state index contributed by atoms with van der Waals surface area (Å²) in [6.07, 6.45) is 6.18. The third kappa shape index (κ3) is 4.66. The van der Waals surface area contributed by atoms with Crippen LogP contribution < -0.4 is 29.7 Å². The fraction of sp³-hybridized carbons (Fsp3) is 0.481. The van der Waals surface area contributed by atoms with Gasteiger partial charge >= 0.3 is 0 Å². The maximum absolute atomic E-state index is 13.2. The van der Waals surface area contributed by atoms with Gasteiger partial charge in [0.2, 0.25) is 17.1 Å². The maximum atomic E-state index is 13.2. The molecule has 0 unspecified atom stereocenters. The number of amides is 1. The Morgan fingerprint density at radius 3 is 2.23 bits per heavy atom. The summed E-state index contributed by atoms with van der Waals surface area (Å²) in [6.45, 7) is 0. The second-order valence-corrected chi connectivity index (χ2v) is 9.36. The van der Waals surface area contributed by atoms with Crippen LogP contribution in [0.4, 0.5) is 0 Å². The molecular formula is C27H32ClNO6. The Bertz CT molecular complexity index is 1180. The zero-order valence-electron chi connectivity index (χ0n) is 20.7. The summed E-state index contributed by atoms with van der Waals surface area (Å²) < 4.78 is 22.3. The van der Waals surface area contributed by atoms with Crippen LogP contribution in [0.5, 0.6) is 23.0 Å². The lowest BCUT2D eigenvalue weighted by molar-refractivity contribution is -0.126. The molecule has 2 aliphatic carbocycles. The van der Waals surface area contributed by atoms with Crippen molar-refractivity contribution in [2.24, 2.45) is 5.92 Å². The van der Waals surface area contributed by atoms with Gasteiger partial charge in [0.15, 0.2) is 17.2 Å². The molecule has 0 heterocycles. The van der Waals surface area contributed by atoms with Crippen molar-refractivity contribution in [3.8, 4) is 34.1 Å². The molecule has 7 nitrogen and oxygen atoms in total. The molecule has 2 aromatic rings. The SMILES string of the molecule is COc1c(Cl)c2c(c(OC)c1OC)-c1ccc(OC)c(=O)cc1[C@@H](NC(=O)C1CCCCC1)CC2. The molecule has 1 amide bonds. The van der Waals surface area contributed by atoms with Gasteiger partial charge in [-0.25, -0.2) is 0 Å². The number of hydrogen-bond acceptors (Lipinski definition) is 6. The Balaban J connectivity index is 1.94. The molecule has 2 aromatic carbocycles. The van der Waals surface area contributed by atoms with Crippen LogP contribution in [0, 0.1) is 5.92 Å². The summed E-state index contributed by atoms with van der Waals surface area (Å²) in [4.78, 5) is 26.2. The lowest BCUT2D eigenvalue weighted by atomic mass is 9.88. The highest BCUT2D eigenvalue weighted by atomic mass is 35.5. The molecule has 188 valence electrons. The Labute approximate surface area is 210 Å². The summed E-state index contributed by atoms with van der Waals surface area (Å²) in [7, 11) is 6.07. The molecule has 1 fully saturated rings. The number of hydrogen-bond donors (Lipinski definition) is 1. The summed E-state index contributed by atoms with van der Waals surface area (Å²) in [5.41, 5.74) is 2.70. The van der Waals surface area contributed by atoms with Crippen molar-refractivity contribution in [1.82, 2.24) is 5.32 Å². The first-order valence-corrected chi connectivity index (χ1v) is 12.4. The van der Waals surface area contributed by atoms with Crippen molar-refractivity contribution < 1.29 is 23.7 Å². The normalized spacial score (nSPS) is 17.5. The number of ether oxygens (including phenoxy) is 4. The number of carbonyl (C=O) groups excluding carboxylic acids is 1. The molecule has 0 aliphatic heterocycles. The van der Waals surface area contributed by atoms with E-state index in [9.17, 15) is 9.59 Å². The van der Waals surface area contributed by atoms with Crippen molar-refractivity contribution in [2.75, 3.05) is 28.4 Å². The molecule has 8 heteroatoms. The monoisotopic (exact) mass is 501 g/mol. The second kappa shape index (κ2) is 10.8. The average molecular weight is 502 g/mol. The molecule has 1 atom stereocenters. The van der Waals surface area contributed by atoms with Gasteiger partial charge < -0.3 is 24.3 Å². The predicted molar refractivity (Wildman–Crippen MR) is 135 cm³/mol. The van der Waals surface area contributed by atoms with Crippen LogP contribution >= 0.6 is 11.6 Å². The fourth-order valence-electron chi connectivity index (χ4n) is 5.34. The highest BCUT2D eigenvalue weighted by molar-refractivity contribution is 6.34. The number of fused-ring (bicyclic) bond motifs is 3. The number of benzene rings is 1. The highest BCUT2D eigenvalue weighted by Crippen LogP contribution is 2.54. The maximum Gasteiger partial charge on any atom is 0.223 e. The fourth-order valence-corrected chi connectivity index (χ4v) is 5.69. The first-order chi connectivity index (χ1) is 16.9. The van der Waals surface area contributed by atoms with Gasteiger partial charge in [0, 0.05) is 11.5 Å². The zero-order chi connectivity index (χ0) is 25.1. The molecule has 0 aromatic heterocycles. The van der Waals surface area contributed by atoms with Gasteiger partial charge in [-0.15, -0.1) is 0 Å². The van der Waals surface area contributed by atoms with Crippen LogP contribution in [0.2, 0.25) is 5.02 Å². The standard InChI is InChI=1S/C27H32ClNO6/c1-32-21-13-11-16-18(14-20(21)30)19(29-27(31)15-8-6-5-7-9-15)12-10-17-22(16)24(33-2)26(35-4)25(34-3)23(17)28/h11,13-15,19H,5-10,12H2,1-4H3,(H,29,31)/t19-/m0/s1. The Morgan fingerprint density at radius 2 is 1.60 bits per heavy atom. The van der Waals surface area contributed by atoms with Gasteiger partial charge in [-0.2, -0.15) is 0 Å². The van der Waals surface area contributed by atoms with Crippen molar-refractivity contribution in [1.29, 1.82) is 0 Å². The molecule has 35 heavy (non-hydrogen) atoms. The average Bonchev–Trinajstić information content (AvgIpc) is 3.13. The minimum absolute atomic E-state index is 0.00476. The van der Waals surface area contributed by atoms with Crippen molar-refractivity contribution in [3.63, 3.8) is 0 Å². The predicted octanol–water partition coefficient (Wildman–Crippen LogP) is 5.09. The van der Waals surface area contributed by atoms with Crippen molar-refractivity contribution in [3.05, 3.63) is 44.6 Å². The van der Waals surface area contributed by atoms with Crippen LogP contribution in [0.15, 0.2) is 23.0 Å². The van der Waals surface area contributed by atoms with Crippen LogP contribution in [0.25, 0.3) is 11.1 Å². The van der Waals surface area contributed by atoms with E-state index in [4.69, 9.17) is 30.5 Å². The van der Waals surface area contributed by atoms with Crippen LogP contribution in [-0.2, 0) is 11.2 Å². The molecular weight excluding hydrogens is 470 g/mol. The molecule has 2 aliphatic rings.